The molecule has 0 aliphatic carbocycles. The number of sulfone groups is 1. The Balaban J connectivity index is 1.59. The first-order valence-corrected chi connectivity index (χ1v) is 14.6. The molecule has 3 aromatic rings. The molecule has 2 aromatic heterocycles. The van der Waals surface area contributed by atoms with Crippen molar-refractivity contribution in [2.75, 3.05) is 50.7 Å². The van der Waals surface area contributed by atoms with Crippen LogP contribution in [0.1, 0.15) is 18.9 Å². The average Bonchev–Trinajstić information content (AvgIpc) is 3.51. The lowest BCUT2D eigenvalue weighted by Gasteiger charge is -2.27. The van der Waals surface area contributed by atoms with Crippen LogP contribution in [0.15, 0.2) is 34.8 Å². The van der Waals surface area contributed by atoms with Gasteiger partial charge in [-0.3, -0.25) is 4.79 Å². The third-order valence-corrected chi connectivity index (χ3v) is 10.0. The highest BCUT2D eigenvalue weighted by molar-refractivity contribution is 7.93. The highest BCUT2D eigenvalue weighted by atomic mass is 32.2. The maximum atomic E-state index is 13.5. The smallest absolute Gasteiger partial charge is 0.329 e. The molecule has 0 saturated carbocycles. The molecular formula is C25H31N5O6S2. The minimum absolute atomic E-state index is 0.115. The number of nitrogens with zero attached hydrogens (tertiary/aromatic N) is 4. The molecular weight excluding hydrogens is 530 g/mol. The fourth-order valence-corrected chi connectivity index (χ4v) is 7.29. The van der Waals surface area contributed by atoms with E-state index in [1.807, 2.05) is 6.07 Å². The van der Waals surface area contributed by atoms with Crippen molar-refractivity contribution in [3.63, 3.8) is 0 Å². The van der Waals surface area contributed by atoms with Gasteiger partial charge in [0.25, 0.3) is 0 Å². The number of ether oxygens (including phenoxy) is 2. The van der Waals surface area contributed by atoms with Crippen molar-refractivity contribution in [1.29, 1.82) is 0 Å². The van der Waals surface area contributed by atoms with E-state index in [9.17, 15) is 18.0 Å². The molecule has 1 aliphatic heterocycles. The molecule has 0 unspecified atom stereocenters. The molecule has 1 amide bonds. The maximum Gasteiger partial charge on any atom is 0.329 e. The summed E-state index contributed by atoms with van der Waals surface area (Å²) in [6, 6.07) is 4.47. The van der Waals surface area contributed by atoms with Crippen LogP contribution < -0.4 is 15.4 Å². The van der Waals surface area contributed by atoms with Gasteiger partial charge in [-0.05, 0) is 42.5 Å². The van der Waals surface area contributed by atoms with Gasteiger partial charge >= 0.3 is 5.97 Å². The fraction of sp³-hybridized carbons (Fsp3) is 0.440. The first-order chi connectivity index (χ1) is 18.1. The lowest BCUT2D eigenvalue weighted by atomic mass is 10.00. The monoisotopic (exact) mass is 561 g/mol. The molecule has 2 N–H and O–H groups in total. The summed E-state index contributed by atoms with van der Waals surface area (Å²) in [5.41, 5.74) is 6.70. The Morgan fingerprint density at radius 2 is 2.08 bits per heavy atom. The number of esters is 1. The lowest BCUT2D eigenvalue weighted by Crippen LogP contribution is -2.45. The van der Waals surface area contributed by atoms with Crippen LogP contribution in [0.5, 0.6) is 5.75 Å². The van der Waals surface area contributed by atoms with Gasteiger partial charge in [0.2, 0.25) is 5.91 Å². The van der Waals surface area contributed by atoms with Crippen LogP contribution in [0, 0.1) is 5.92 Å². The molecule has 1 aliphatic rings. The molecule has 4 rings (SSSR count). The number of hydrogen-bond donors (Lipinski definition) is 1. The Hall–Kier alpha value is -3.45. The number of thiazole rings is 1. The number of methoxy groups -OCH3 is 1. The van der Waals surface area contributed by atoms with Crippen molar-refractivity contribution in [1.82, 2.24) is 14.9 Å². The van der Waals surface area contributed by atoms with Gasteiger partial charge in [-0.2, -0.15) is 0 Å². The number of likely N-dealkylation sites (tertiary alicyclic amines) is 1. The number of pyridine rings is 1. The number of amides is 1. The number of fused-ring (bicyclic) bond motifs is 1. The predicted molar refractivity (Wildman–Crippen MR) is 145 cm³/mol. The molecule has 13 heteroatoms. The number of anilines is 2. The Labute approximate surface area is 225 Å². The second-order valence-electron chi connectivity index (χ2n) is 9.21. The van der Waals surface area contributed by atoms with Gasteiger partial charge in [0, 0.05) is 38.6 Å². The highest BCUT2D eigenvalue weighted by Gasteiger charge is 2.42. The largest absolute Gasteiger partial charge is 0.496 e. The van der Waals surface area contributed by atoms with Gasteiger partial charge in [-0.1, -0.05) is 11.3 Å². The van der Waals surface area contributed by atoms with E-state index in [2.05, 4.69) is 9.97 Å². The third kappa shape index (κ3) is 5.53. The normalized spacial score (nSPS) is 16.6. The lowest BCUT2D eigenvalue weighted by molar-refractivity contribution is -0.153. The van der Waals surface area contributed by atoms with Crippen LogP contribution in [0.4, 0.5) is 10.9 Å². The summed E-state index contributed by atoms with van der Waals surface area (Å²) in [7, 11) is 1.33. The van der Waals surface area contributed by atoms with Gasteiger partial charge < -0.3 is 25.0 Å². The molecule has 38 heavy (non-hydrogen) atoms. The van der Waals surface area contributed by atoms with Crippen LogP contribution in [0.25, 0.3) is 10.8 Å². The van der Waals surface area contributed by atoms with Crippen molar-refractivity contribution in [2.45, 2.75) is 30.0 Å². The van der Waals surface area contributed by atoms with Crippen molar-refractivity contribution in [3.05, 3.63) is 36.2 Å². The first-order valence-electron chi connectivity index (χ1n) is 12.1. The molecule has 1 aromatic carbocycles. The molecule has 3 heterocycles. The first kappa shape index (κ1) is 27.6. The van der Waals surface area contributed by atoms with Crippen molar-refractivity contribution in [3.8, 4) is 5.75 Å². The van der Waals surface area contributed by atoms with Gasteiger partial charge in [0.05, 0.1) is 31.6 Å². The third-order valence-electron chi connectivity index (χ3n) is 6.48. The molecule has 1 saturated heterocycles. The van der Waals surface area contributed by atoms with E-state index in [1.54, 1.807) is 44.2 Å². The summed E-state index contributed by atoms with van der Waals surface area (Å²) in [4.78, 5) is 37.9. The van der Waals surface area contributed by atoms with E-state index in [0.29, 0.717) is 34.1 Å². The Morgan fingerprint density at radius 1 is 1.32 bits per heavy atom. The van der Waals surface area contributed by atoms with E-state index in [4.69, 9.17) is 15.2 Å². The zero-order valence-electron chi connectivity index (χ0n) is 21.7. The topological polar surface area (TPSA) is 145 Å². The van der Waals surface area contributed by atoms with Gasteiger partial charge in [0.15, 0.2) is 15.0 Å². The summed E-state index contributed by atoms with van der Waals surface area (Å²) >= 11 is 1.06. The van der Waals surface area contributed by atoms with Crippen LogP contribution in [-0.2, 0) is 30.6 Å². The number of nitrogen functional groups attached to an aromatic ring is 1. The quantitative estimate of drug-likeness (QED) is 0.365. The Bertz CT molecular complexity index is 1460. The molecule has 2 atom stereocenters. The molecule has 0 radical (unpaired) electrons. The zero-order chi connectivity index (χ0) is 27.6. The minimum Gasteiger partial charge on any atom is -0.496 e. The minimum atomic E-state index is -3.74. The summed E-state index contributed by atoms with van der Waals surface area (Å²) in [5.74, 6) is -1.22. The number of hydrogen-bond acceptors (Lipinski definition) is 11. The molecule has 204 valence electrons. The van der Waals surface area contributed by atoms with Crippen molar-refractivity contribution >= 4 is 54.8 Å². The number of nitrogens with two attached hydrogens (primary N) is 1. The van der Waals surface area contributed by atoms with E-state index >= 15 is 0 Å². The SMILES string of the molecule is CCOC(=O)[C@@H](Cc1cc2ccnc(N)c2cc1OC)N1CC[C@H](CS(=O)(=O)c2cnc(N(C)C)s2)C1=O. The maximum absolute atomic E-state index is 13.5. The summed E-state index contributed by atoms with van der Waals surface area (Å²) in [5, 5.41) is 2.09. The van der Waals surface area contributed by atoms with Crippen LogP contribution in [0.3, 0.4) is 0 Å². The van der Waals surface area contributed by atoms with E-state index in [0.717, 1.165) is 16.7 Å². The van der Waals surface area contributed by atoms with Gasteiger partial charge in [-0.25, -0.2) is 23.2 Å². The van der Waals surface area contributed by atoms with E-state index in [1.165, 1.54) is 18.2 Å². The summed E-state index contributed by atoms with van der Waals surface area (Å²) in [6.07, 6.45) is 3.36. The second-order valence-corrected chi connectivity index (χ2v) is 12.5. The Kier molecular flexibility index (Phi) is 8.07. The second kappa shape index (κ2) is 11.1. The van der Waals surface area contributed by atoms with Crippen LogP contribution in [0.2, 0.25) is 0 Å². The standard InChI is InChI=1S/C25H31N5O6S2/c1-5-36-24(32)19(11-17-10-15-6-8-27-22(26)18(15)12-20(17)35-4)30-9-7-16(23(30)31)14-38(33,34)21-13-28-25(37-21)29(2)3/h6,8,10,12-13,16,19H,5,7,9,11,14H2,1-4H3,(H2,26,27)/t16-,19-/m1/s1. The number of benzene rings is 1. The molecule has 1 fully saturated rings. The number of aromatic nitrogens is 2. The molecule has 0 bridgehead atoms. The van der Waals surface area contributed by atoms with Crippen molar-refractivity contribution < 1.29 is 27.5 Å². The molecule has 0 spiro atoms. The fourth-order valence-electron chi connectivity index (χ4n) is 4.56. The Morgan fingerprint density at radius 3 is 2.74 bits per heavy atom. The van der Waals surface area contributed by atoms with Gasteiger partial charge in [-0.15, -0.1) is 0 Å². The van der Waals surface area contributed by atoms with Gasteiger partial charge in [0.1, 0.15) is 21.8 Å². The van der Waals surface area contributed by atoms with E-state index < -0.39 is 33.7 Å². The van der Waals surface area contributed by atoms with Crippen LogP contribution >= 0.6 is 11.3 Å². The number of rotatable bonds is 10. The van der Waals surface area contributed by atoms with E-state index in [-0.39, 0.29) is 29.5 Å². The number of carbonyl (C=O) groups is 2. The number of carbonyl (C=O) groups excluding carboxylic acids is 2. The predicted octanol–water partition coefficient (Wildman–Crippen LogP) is 2.14. The van der Waals surface area contributed by atoms with Crippen LogP contribution in [-0.4, -0.2) is 81.3 Å². The highest BCUT2D eigenvalue weighted by Crippen LogP contribution is 2.33. The van der Waals surface area contributed by atoms with Crippen molar-refractivity contribution in [2.24, 2.45) is 5.92 Å². The average molecular weight is 562 g/mol. The zero-order valence-corrected chi connectivity index (χ0v) is 23.3. The molecule has 11 nitrogen and oxygen atoms in total. The summed E-state index contributed by atoms with van der Waals surface area (Å²) < 4.78 is 37.1. The summed E-state index contributed by atoms with van der Waals surface area (Å²) in [6.45, 7) is 2.08.